The Kier molecular flexibility index (Phi) is 4.69. The normalized spacial score (nSPS) is 27.0. The fraction of sp³-hybridized carbons (Fsp3) is 0.579. The average Bonchev–Trinajstić information content (AvgIpc) is 3.15. The Morgan fingerprint density at radius 3 is 2.39 bits per heavy atom. The van der Waals surface area contributed by atoms with Crippen LogP contribution in [-0.2, 0) is 4.79 Å². The van der Waals surface area contributed by atoms with Gasteiger partial charge in [-0.1, -0.05) is 38.5 Å². The lowest BCUT2D eigenvalue weighted by Gasteiger charge is -2.27. The van der Waals surface area contributed by atoms with Gasteiger partial charge >= 0.3 is 0 Å². The SMILES string of the molecule is CC(C)[C@H](NC(=O)c1ccccc1)C(=O)NC1CC2CCC1C2. The summed E-state index contributed by atoms with van der Waals surface area (Å²) < 4.78 is 0. The Labute approximate surface area is 138 Å². The lowest BCUT2D eigenvalue weighted by molar-refractivity contribution is -0.125. The van der Waals surface area contributed by atoms with Crippen LogP contribution in [0.2, 0.25) is 0 Å². The Morgan fingerprint density at radius 1 is 1.09 bits per heavy atom. The quantitative estimate of drug-likeness (QED) is 0.878. The lowest BCUT2D eigenvalue weighted by atomic mass is 9.94. The van der Waals surface area contributed by atoms with Crippen LogP contribution in [0.4, 0.5) is 0 Å². The predicted octanol–water partition coefficient (Wildman–Crippen LogP) is 2.75. The van der Waals surface area contributed by atoms with Crippen molar-refractivity contribution >= 4 is 11.8 Å². The summed E-state index contributed by atoms with van der Waals surface area (Å²) in [4.78, 5) is 25.0. The number of carbonyl (C=O) groups is 2. The number of rotatable bonds is 5. The molecular weight excluding hydrogens is 288 g/mol. The van der Waals surface area contributed by atoms with Crippen molar-refractivity contribution < 1.29 is 9.59 Å². The Hall–Kier alpha value is -1.84. The fourth-order valence-electron chi connectivity index (χ4n) is 4.04. The molecule has 0 saturated heterocycles. The number of benzene rings is 1. The zero-order valence-electron chi connectivity index (χ0n) is 13.9. The summed E-state index contributed by atoms with van der Waals surface area (Å²) in [6, 6.07) is 8.88. The van der Waals surface area contributed by atoms with Crippen LogP contribution in [0.3, 0.4) is 0 Å². The molecule has 3 unspecified atom stereocenters. The van der Waals surface area contributed by atoms with Gasteiger partial charge in [0, 0.05) is 11.6 Å². The van der Waals surface area contributed by atoms with Crippen LogP contribution in [0, 0.1) is 17.8 Å². The molecule has 0 spiro atoms. The third kappa shape index (κ3) is 3.57. The van der Waals surface area contributed by atoms with E-state index in [9.17, 15) is 9.59 Å². The first-order chi connectivity index (χ1) is 11.0. The highest BCUT2D eigenvalue weighted by Crippen LogP contribution is 2.44. The van der Waals surface area contributed by atoms with E-state index in [2.05, 4.69) is 10.6 Å². The van der Waals surface area contributed by atoms with Gasteiger partial charge in [-0.05, 0) is 49.1 Å². The molecular formula is C19H26N2O2. The van der Waals surface area contributed by atoms with Crippen molar-refractivity contribution in [3.63, 3.8) is 0 Å². The number of amides is 2. The first-order valence-corrected chi connectivity index (χ1v) is 8.71. The number of hydrogen-bond acceptors (Lipinski definition) is 2. The number of fused-ring (bicyclic) bond motifs is 2. The monoisotopic (exact) mass is 314 g/mol. The summed E-state index contributed by atoms with van der Waals surface area (Å²) in [5, 5.41) is 6.09. The largest absolute Gasteiger partial charge is 0.351 e. The second-order valence-corrected chi connectivity index (χ2v) is 7.35. The Morgan fingerprint density at radius 2 is 1.83 bits per heavy atom. The zero-order valence-corrected chi connectivity index (χ0v) is 13.9. The minimum atomic E-state index is -0.484. The molecule has 2 aliphatic rings. The van der Waals surface area contributed by atoms with E-state index < -0.39 is 6.04 Å². The molecule has 2 aliphatic carbocycles. The van der Waals surface area contributed by atoms with Crippen LogP contribution < -0.4 is 10.6 Å². The molecule has 1 aromatic rings. The molecule has 124 valence electrons. The van der Waals surface area contributed by atoms with Crippen LogP contribution in [0.25, 0.3) is 0 Å². The summed E-state index contributed by atoms with van der Waals surface area (Å²) in [5.74, 6) is 1.26. The van der Waals surface area contributed by atoms with Crippen LogP contribution >= 0.6 is 0 Å². The van der Waals surface area contributed by atoms with E-state index in [0.29, 0.717) is 17.5 Å². The van der Waals surface area contributed by atoms with E-state index >= 15 is 0 Å². The van der Waals surface area contributed by atoms with Crippen molar-refractivity contribution in [2.45, 2.75) is 51.6 Å². The van der Waals surface area contributed by atoms with Crippen molar-refractivity contribution in [3.8, 4) is 0 Å². The smallest absolute Gasteiger partial charge is 0.251 e. The molecule has 3 rings (SSSR count). The van der Waals surface area contributed by atoms with E-state index in [0.717, 1.165) is 12.3 Å². The third-order valence-electron chi connectivity index (χ3n) is 5.34. The van der Waals surface area contributed by atoms with E-state index in [-0.39, 0.29) is 17.7 Å². The molecule has 0 radical (unpaired) electrons. The maximum Gasteiger partial charge on any atom is 0.251 e. The third-order valence-corrected chi connectivity index (χ3v) is 5.34. The van der Waals surface area contributed by atoms with Crippen LogP contribution in [0.1, 0.15) is 49.9 Å². The van der Waals surface area contributed by atoms with Crippen molar-refractivity contribution in [1.82, 2.24) is 10.6 Å². The topological polar surface area (TPSA) is 58.2 Å². The first kappa shape index (κ1) is 16.0. The highest BCUT2D eigenvalue weighted by Gasteiger charge is 2.41. The molecule has 4 nitrogen and oxygen atoms in total. The van der Waals surface area contributed by atoms with Gasteiger partial charge in [0.2, 0.25) is 5.91 Å². The second-order valence-electron chi connectivity index (χ2n) is 7.35. The highest BCUT2D eigenvalue weighted by atomic mass is 16.2. The maximum atomic E-state index is 12.7. The van der Waals surface area contributed by atoms with Crippen LogP contribution in [-0.4, -0.2) is 23.9 Å². The molecule has 1 aromatic carbocycles. The second kappa shape index (κ2) is 6.73. The van der Waals surface area contributed by atoms with Gasteiger partial charge in [-0.25, -0.2) is 0 Å². The molecule has 2 bridgehead atoms. The molecule has 4 heteroatoms. The van der Waals surface area contributed by atoms with E-state index in [4.69, 9.17) is 0 Å². The number of carbonyl (C=O) groups excluding carboxylic acids is 2. The molecule has 23 heavy (non-hydrogen) atoms. The van der Waals surface area contributed by atoms with Gasteiger partial charge in [-0.2, -0.15) is 0 Å². The van der Waals surface area contributed by atoms with Gasteiger partial charge in [0.25, 0.3) is 5.91 Å². The molecule has 2 fully saturated rings. The van der Waals surface area contributed by atoms with E-state index in [1.807, 2.05) is 32.0 Å². The van der Waals surface area contributed by atoms with Gasteiger partial charge in [0.15, 0.2) is 0 Å². The average molecular weight is 314 g/mol. The summed E-state index contributed by atoms with van der Waals surface area (Å²) in [6.07, 6.45) is 4.91. The Bertz CT molecular complexity index is 570. The van der Waals surface area contributed by atoms with Gasteiger partial charge in [-0.15, -0.1) is 0 Å². The van der Waals surface area contributed by atoms with E-state index in [1.165, 1.54) is 19.3 Å². The molecule has 0 aromatic heterocycles. The molecule has 2 amide bonds. The molecule has 2 N–H and O–H groups in total. The van der Waals surface area contributed by atoms with Crippen LogP contribution in [0.5, 0.6) is 0 Å². The molecule has 4 atom stereocenters. The maximum absolute atomic E-state index is 12.7. The predicted molar refractivity (Wildman–Crippen MR) is 89.9 cm³/mol. The summed E-state index contributed by atoms with van der Waals surface area (Å²) in [5.41, 5.74) is 0.589. The minimum Gasteiger partial charge on any atom is -0.351 e. The standard InChI is InChI=1S/C19H26N2O2/c1-12(2)17(21-18(22)14-6-4-3-5-7-14)19(23)20-16-11-13-8-9-15(16)10-13/h3-7,12-13,15-17H,8-11H2,1-2H3,(H,20,23)(H,21,22)/t13?,15?,16?,17-/m0/s1. The van der Waals surface area contributed by atoms with Gasteiger partial charge in [-0.3, -0.25) is 9.59 Å². The van der Waals surface area contributed by atoms with Crippen LogP contribution in [0.15, 0.2) is 30.3 Å². The minimum absolute atomic E-state index is 0.0400. The summed E-state index contributed by atoms with van der Waals surface area (Å²) >= 11 is 0. The van der Waals surface area contributed by atoms with Crippen molar-refractivity contribution in [3.05, 3.63) is 35.9 Å². The molecule has 0 heterocycles. The highest BCUT2D eigenvalue weighted by molar-refractivity contribution is 5.97. The van der Waals surface area contributed by atoms with E-state index in [1.54, 1.807) is 12.1 Å². The first-order valence-electron chi connectivity index (χ1n) is 8.71. The van der Waals surface area contributed by atoms with Gasteiger partial charge in [0.05, 0.1) is 0 Å². The summed E-state index contributed by atoms with van der Waals surface area (Å²) in [6.45, 7) is 3.94. The fourth-order valence-corrected chi connectivity index (χ4v) is 4.04. The van der Waals surface area contributed by atoms with Gasteiger partial charge in [0.1, 0.15) is 6.04 Å². The molecule has 0 aliphatic heterocycles. The Balaban J connectivity index is 1.62. The van der Waals surface area contributed by atoms with Crippen molar-refractivity contribution in [2.75, 3.05) is 0 Å². The lowest BCUT2D eigenvalue weighted by Crippen LogP contribution is -2.53. The van der Waals surface area contributed by atoms with Crippen molar-refractivity contribution in [2.24, 2.45) is 17.8 Å². The zero-order chi connectivity index (χ0) is 16.4. The number of nitrogens with one attached hydrogen (secondary N) is 2. The van der Waals surface area contributed by atoms with Gasteiger partial charge < -0.3 is 10.6 Å². The number of hydrogen-bond donors (Lipinski definition) is 2. The van der Waals surface area contributed by atoms with Crippen molar-refractivity contribution in [1.29, 1.82) is 0 Å². The summed E-state index contributed by atoms with van der Waals surface area (Å²) in [7, 11) is 0. The molecule has 2 saturated carbocycles.